The summed E-state index contributed by atoms with van der Waals surface area (Å²) in [6, 6.07) is 20.5. The molecule has 1 unspecified atom stereocenters. The molecule has 5 rings (SSSR count). The fourth-order valence-electron chi connectivity index (χ4n) is 4.19. The summed E-state index contributed by atoms with van der Waals surface area (Å²) in [5.41, 5.74) is 6.02. The topological polar surface area (TPSA) is 43.3 Å². The number of aryl methyl sites for hydroxylation is 2. The number of amides is 1. The van der Waals surface area contributed by atoms with Gasteiger partial charge < -0.3 is 14.6 Å². The summed E-state index contributed by atoms with van der Waals surface area (Å²) < 4.78 is 8.04. The van der Waals surface area contributed by atoms with Crippen molar-refractivity contribution in [2.45, 2.75) is 38.8 Å². The molecule has 1 aliphatic carbocycles. The first-order valence-corrected chi connectivity index (χ1v) is 11.9. The molecule has 0 saturated carbocycles. The van der Waals surface area contributed by atoms with Crippen molar-refractivity contribution in [1.29, 1.82) is 0 Å². The van der Waals surface area contributed by atoms with E-state index in [1.54, 1.807) is 0 Å². The molecule has 0 aliphatic heterocycles. The third kappa shape index (κ3) is 4.48. The number of hydrogen-bond donors (Lipinski definition) is 1. The number of fused-ring (bicyclic) bond motifs is 1. The zero-order valence-electron chi connectivity index (χ0n) is 18.1. The maximum Gasteiger partial charge on any atom is 0.261 e. The summed E-state index contributed by atoms with van der Waals surface area (Å²) in [5, 5.41) is 5.12. The van der Waals surface area contributed by atoms with Gasteiger partial charge in [-0.2, -0.15) is 0 Å². The molecule has 1 N–H and O–H groups in total. The van der Waals surface area contributed by atoms with Crippen LogP contribution in [0.5, 0.6) is 5.75 Å². The van der Waals surface area contributed by atoms with E-state index in [0.29, 0.717) is 11.5 Å². The summed E-state index contributed by atoms with van der Waals surface area (Å²) in [5.74, 6) is 0.844. The Hall–Kier alpha value is -3.31. The van der Waals surface area contributed by atoms with Crippen LogP contribution in [0, 0.1) is 0 Å². The van der Waals surface area contributed by atoms with Crippen molar-refractivity contribution < 1.29 is 9.53 Å². The Labute approximate surface area is 192 Å². The quantitative estimate of drug-likeness (QED) is 0.376. The smallest absolute Gasteiger partial charge is 0.261 e. The van der Waals surface area contributed by atoms with Crippen molar-refractivity contribution in [3.05, 3.63) is 106 Å². The summed E-state index contributed by atoms with van der Waals surface area (Å²) in [7, 11) is 0. The standard InChI is InChI=1S/C27H26N2O2S/c1-19(22-7-5-9-24(15-22)29-12-2-3-13-29)28-27(30)26-14-20(18-32-26)17-31-25-11-10-21-6-4-8-23(21)16-25/h2-3,5,7,9-16,18-19H,4,6,8,17H2,1H3,(H,28,30). The van der Waals surface area contributed by atoms with Gasteiger partial charge in [0.05, 0.1) is 10.9 Å². The third-order valence-electron chi connectivity index (χ3n) is 5.97. The molecule has 2 aromatic heterocycles. The van der Waals surface area contributed by atoms with Gasteiger partial charge in [-0.3, -0.25) is 4.79 Å². The number of nitrogens with one attached hydrogen (secondary N) is 1. The van der Waals surface area contributed by atoms with Crippen molar-refractivity contribution in [1.82, 2.24) is 9.88 Å². The molecule has 32 heavy (non-hydrogen) atoms. The first-order valence-electron chi connectivity index (χ1n) is 11.0. The van der Waals surface area contributed by atoms with E-state index in [2.05, 4.69) is 34.1 Å². The van der Waals surface area contributed by atoms with E-state index < -0.39 is 0 Å². The molecule has 1 aliphatic rings. The summed E-state index contributed by atoms with van der Waals surface area (Å²) in [6.45, 7) is 2.48. The minimum Gasteiger partial charge on any atom is -0.489 e. The Kier molecular flexibility index (Phi) is 5.82. The zero-order valence-corrected chi connectivity index (χ0v) is 18.9. The van der Waals surface area contributed by atoms with Crippen molar-refractivity contribution in [3.8, 4) is 11.4 Å². The van der Waals surface area contributed by atoms with Gasteiger partial charge in [-0.1, -0.05) is 18.2 Å². The lowest BCUT2D eigenvalue weighted by atomic mass is 10.1. The van der Waals surface area contributed by atoms with Crippen molar-refractivity contribution in [2.75, 3.05) is 0 Å². The van der Waals surface area contributed by atoms with Crippen LogP contribution in [0.1, 0.15) is 51.3 Å². The highest BCUT2D eigenvalue weighted by Gasteiger charge is 2.15. The molecule has 0 radical (unpaired) electrons. The number of rotatable bonds is 7. The van der Waals surface area contributed by atoms with Crippen LogP contribution in [0.3, 0.4) is 0 Å². The monoisotopic (exact) mass is 442 g/mol. The molecule has 4 nitrogen and oxygen atoms in total. The van der Waals surface area contributed by atoms with Gasteiger partial charge in [-0.05, 0) is 90.7 Å². The Morgan fingerprint density at radius 3 is 2.78 bits per heavy atom. The maximum absolute atomic E-state index is 12.8. The van der Waals surface area contributed by atoms with Crippen molar-refractivity contribution >= 4 is 17.2 Å². The summed E-state index contributed by atoms with van der Waals surface area (Å²) in [4.78, 5) is 13.5. The third-order valence-corrected chi connectivity index (χ3v) is 6.95. The lowest BCUT2D eigenvalue weighted by Gasteiger charge is -2.15. The minimum atomic E-state index is -0.0915. The van der Waals surface area contributed by atoms with Gasteiger partial charge in [0, 0.05) is 23.6 Å². The number of carbonyl (C=O) groups is 1. The van der Waals surface area contributed by atoms with Crippen LogP contribution in [0.2, 0.25) is 0 Å². The van der Waals surface area contributed by atoms with Crippen LogP contribution < -0.4 is 10.1 Å². The van der Waals surface area contributed by atoms with Gasteiger partial charge in [0.1, 0.15) is 12.4 Å². The summed E-state index contributed by atoms with van der Waals surface area (Å²) in [6.07, 6.45) is 7.58. The fourth-order valence-corrected chi connectivity index (χ4v) is 4.99. The highest BCUT2D eigenvalue weighted by atomic mass is 32.1. The van der Waals surface area contributed by atoms with E-state index in [4.69, 9.17) is 4.74 Å². The number of benzene rings is 2. The second-order valence-electron chi connectivity index (χ2n) is 8.27. The molecule has 4 aromatic rings. The Balaban J connectivity index is 1.20. The van der Waals surface area contributed by atoms with Crippen molar-refractivity contribution in [3.63, 3.8) is 0 Å². The van der Waals surface area contributed by atoms with Gasteiger partial charge in [-0.25, -0.2) is 0 Å². The largest absolute Gasteiger partial charge is 0.489 e. The average Bonchev–Trinajstić information content (AvgIpc) is 3.59. The number of ether oxygens (including phenoxy) is 1. The molecule has 1 amide bonds. The second-order valence-corrected chi connectivity index (χ2v) is 9.18. The van der Waals surface area contributed by atoms with E-state index in [1.165, 1.54) is 35.3 Å². The molecular weight excluding hydrogens is 416 g/mol. The molecule has 2 heterocycles. The predicted molar refractivity (Wildman–Crippen MR) is 129 cm³/mol. The Morgan fingerprint density at radius 1 is 1.06 bits per heavy atom. The number of carbonyl (C=O) groups excluding carboxylic acids is 1. The number of hydrogen-bond acceptors (Lipinski definition) is 3. The SMILES string of the molecule is CC(NC(=O)c1cc(COc2ccc3c(c2)CCC3)cs1)c1cccc(-n2cccc2)c1. The van der Waals surface area contributed by atoms with Gasteiger partial charge in [0.15, 0.2) is 0 Å². The van der Waals surface area contributed by atoms with Crippen molar-refractivity contribution in [2.24, 2.45) is 0 Å². The molecule has 0 fully saturated rings. The predicted octanol–water partition coefficient (Wildman–Crippen LogP) is 6.10. The molecule has 0 bridgehead atoms. The van der Waals surface area contributed by atoms with Crippen LogP contribution in [0.4, 0.5) is 0 Å². The molecule has 2 aromatic carbocycles. The van der Waals surface area contributed by atoms with Crippen LogP contribution in [0.15, 0.2) is 78.4 Å². The van der Waals surface area contributed by atoms with Gasteiger partial charge in [0.2, 0.25) is 0 Å². The molecule has 5 heteroatoms. The van der Waals surface area contributed by atoms with Crippen LogP contribution in [0.25, 0.3) is 5.69 Å². The highest BCUT2D eigenvalue weighted by molar-refractivity contribution is 7.12. The van der Waals surface area contributed by atoms with Gasteiger partial charge >= 0.3 is 0 Å². The fraction of sp³-hybridized carbons (Fsp3) is 0.222. The minimum absolute atomic E-state index is 0.0577. The average molecular weight is 443 g/mol. The Bertz CT molecular complexity index is 1230. The maximum atomic E-state index is 12.8. The first-order chi connectivity index (χ1) is 15.7. The molecule has 162 valence electrons. The number of nitrogens with zero attached hydrogens (tertiary/aromatic N) is 1. The Morgan fingerprint density at radius 2 is 1.91 bits per heavy atom. The number of aromatic nitrogens is 1. The molecule has 1 atom stereocenters. The van der Waals surface area contributed by atoms with E-state index in [9.17, 15) is 4.79 Å². The van der Waals surface area contributed by atoms with Gasteiger partial charge in [-0.15, -0.1) is 11.3 Å². The number of thiophene rings is 1. The molecule has 0 spiro atoms. The lowest BCUT2D eigenvalue weighted by Crippen LogP contribution is -2.26. The van der Waals surface area contributed by atoms with Crippen LogP contribution in [-0.4, -0.2) is 10.5 Å². The van der Waals surface area contributed by atoms with Crippen LogP contribution >= 0.6 is 11.3 Å². The van der Waals surface area contributed by atoms with E-state index in [-0.39, 0.29) is 11.9 Å². The van der Waals surface area contributed by atoms with E-state index in [0.717, 1.165) is 29.0 Å². The normalized spacial score (nSPS) is 13.5. The second kappa shape index (κ2) is 9.05. The first kappa shape index (κ1) is 20.6. The highest BCUT2D eigenvalue weighted by Crippen LogP contribution is 2.27. The molecule has 0 saturated heterocycles. The summed E-state index contributed by atoms with van der Waals surface area (Å²) >= 11 is 1.46. The zero-order chi connectivity index (χ0) is 21.9. The molecular formula is C27H26N2O2S. The van der Waals surface area contributed by atoms with Crippen LogP contribution in [-0.2, 0) is 19.4 Å². The lowest BCUT2D eigenvalue weighted by molar-refractivity contribution is 0.0944. The van der Waals surface area contributed by atoms with Gasteiger partial charge in [0.25, 0.3) is 5.91 Å². The van der Waals surface area contributed by atoms with E-state index >= 15 is 0 Å². The van der Waals surface area contributed by atoms with E-state index in [1.807, 2.05) is 61.1 Å².